The zero-order valence-corrected chi connectivity index (χ0v) is 14.2. The summed E-state index contributed by atoms with van der Waals surface area (Å²) in [5.74, 6) is 0.901. The van der Waals surface area contributed by atoms with Crippen molar-refractivity contribution < 1.29 is 4.79 Å². The SMILES string of the molecule is Cc1cccc(C)c1NC(=O)c1ccn2c1CCc1cnc(N)nc1-2. The third kappa shape index (κ3) is 2.55. The molecule has 0 atom stereocenters. The predicted molar refractivity (Wildman–Crippen MR) is 97.0 cm³/mol. The third-order valence-electron chi connectivity index (χ3n) is 4.68. The van der Waals surface area contributed by atoms with Crippen LogP contribution in [0, 0.1) is 13.8 Å². The fourth-order valence-electron chi connectivity index (χ4n) is 3.37. The van der Waals surface area contributed by atoms with Gasteiger partial charge >= 0.3 is 0 Å². The quantitative estimate of drug-likeness (QED) is 0.755. The average molecular weight is 333 g/mol. The van der Waals surface area contributed by atoms with Crippen molar-refractivity contribution in [2.75, 3.05) is 11.1 Å². The van der Waals surface area contributed by atoms with Crippen molar-refractivity contribution in [3.8, 4) is 5.82 Å². The number of benzene rings is 1. The van der Waals surface area contributed by atoms with E-state index in [1.165, 1.54) is 0 Å². The molecule has 2 aromatic heterocycles. The second kappa shape index (κ2) is 5.73. The minimum Gasteiger partial charge on any atom is -0.368 e. The molecular formula is C19H19N5O. The topological polar surface area (TPSA) is 85.8 Å². The van der Waals surface area contributed by atoms with Crippen molar-refractivity contribution in [1.29, 1.82) is 0 Å². The van der Waals surface area contributed by atoms with Crippen LogP contribution in [0.2, 0.25) is 0 Å². The lowest BCUT2D eigenvalue weighted by Crippen LogP contribution is -2.20. The van der Waals surface area contributed by atoms with Gasteiger partial charge in [0.1, 0.15) is 5.82 Å². The molecule has 0 saturated carbocycles. The Hall–Kier alpha value is -3.15. The molecule has 1 amide bonds. The van der Waals surface area contributed by atoms with Gasteiger partial charge in [0.25, 0.3) is 5.91 Å². The molecule has 1 aromatic carbocycles. The molecule has 0 bridgehead atoms. The van der Waals surface area contributed by atoms with Gasteiger partial charge in [0.15, 0.2) is 0 Å². The summed E-state index contributed by atoms with van der Waals surface area (Å²) < 4.78 is 1.94. The van der Waals surface area contributed by atoms with E-state index in [0.717, 1.165) is 46.7 Å². The highest BCUT2D eigenvalue weighted by molar-refractivity contribution is 6.06. The van der Waals surface area contributed by atoms with Crippen LogP contribution in [0.25, 0.3) is 5.82 Å². The Morgan fingerprint density at radius 3 is 2.72 bits per heavy atom. The average Bonchev–Trinajstić information content (AvgIpc) is 3.02. The first kappa shape index (κ1) is 15.4. The predicted octanol–water partition coefficient (Wildman–Crippen LogP) is 2.82. The summed E-state index contributed by atoms with van der Waals surface area (Å²) in [4.78, 5) is 21.2. The Balaban J connectivity index is 1.71. The molecule has 0 aliphatic carbocycles. The van der Waals surface area contributed by atoms with Crippen LogP contribution in [-0.4, -0.2) is 20.4 Å². The van der Waals surface area contributed by atoms with Gasteiger partial charge in [0, 0.05) is 29.3 Å². The number of nitrogens with one attached hydrogen (secondary N) is 1. The van der Waals surface area contributed by atoms with Crippen LogP contribution >= 0.6 is 0 Å². The zero-order valence-electron chi connectivity index (χ0n) is 14.2. The molecule has 3 heterocycles. The lowest BCUT2D eigenvalue weighted by Gasteiger charge is -2.19. The summed E-state index contributed by atoms with van der Waals surface area (Å²) in [6.45, 7) is 3.99. The zero-order chi connectivity index (χ0) is 17.6. The number of nitrogen functional groups attached to an aromatic ring is 1. The summed E-state index contributed by atoms with van der Waals surface area (Å²) in [5, 5.41) is 3.06. The number of rotatable bonds is 2. The molecule has 1 aliphatic heterocycles. The van der Waals surface area contributed by atoms with E-state index in [1.54, 1.807) is 6.20 Å². The molecular weight excluding hydrogens is 314 g/mol. The van der Waals surface area contributed by atoms with Crippen LogP contribution in [0.15, 0.2) is 36.7 Å². The molecule has 1 aliphatic rings. The lowest BCUT2D eigenvalue weighted by molar-refractivity contribution is 0.102. The Bertz CT molecular complexity index is 969. The maximum absolute atomic E-state index is 12.8. The van der Waals surface area contributed by atoms with Crippen LogP contribution in [0.3, 0.4) is 0 Å². The molecule has 3 aromatic rings. The lowest BCUT2D eigenvalue weighted by atomic mass is 10.0. The number of anilines is 2. The summed E-state index contributed by atoms with van der Waals surface area (Å²) in [6.07, 6.45) is 5.20. The van der Waals surface area contributed by atoms with Crippen molar-refractivity contribution >= 4 is 17.5 Å². The van der Waals surface area contributed by atoms with E-state index in [4.69, 9.17) is 5.73 Å². The number of para-hydroxylation sites is 1. The maximum Gasteiger partial charge on any atom is 0.257 e. The Kier molecular flexibility index (Phi) is 3.53. The largest absolute Gasteiger partial charge is 0.368 e. The molecule has 0 spiro atoms. The number of nitrogens with zero attached hydrogens (tertiary/aromatic N) is 3. The number of fused-ring (bicyclic) bond motifs is 3. The Morgan fingerprint density at radius 1 is 1.20 bits per heavy atom. The smallest absolute Gasteiger partial charge is 0.257 e. The van der Waals surface area contributed by atoms with Crippen molar-refractivity contribution in [1.82, 2.24) is 14.5 Å². The highest BCUT2D eigenvalue weighted by Gasteiger charge is 2.24. The maximum atomic E-state index is 12.8. The standard InChI is InChI=1S/C19H19N5O/c1-11-4-3-5-12(2)16(11)22-18(25)14-8-9-24-15(14)7-6-13-10-21-19(20)23-17(13)24/h3-5,8-10H,6-7H2,1-2H3,(H,22,25)(H2,20,21,23). The van der Waals surface area contributed by atoms with Gasteiger partial charge in [0.05, 0.1) is 5.56 Å². The minimum atomic E-state index is -0.100. The number of aryl methyl sites for hydroxylation is 3. The molecule has 126 valence electrons. The number of hydrogen-bond acceptors (Lipinski definition) is 4. The van der Waals surface area contributed by atoms with E-state index in [-0.39, 0.29) is 11.9 Å². The molecule has 6 heteroatoms. The minimum absolute atomic E-state index is 0.100. The van der Waals surface area contributed by atoms with E-state index in [1.807, 2.05) is 48.9 Å². The molecule has 4 rings (SSSR count). The van der Waals surface area contributed by atoms with Gasteiger partial charge in [-0.3, -0.25) is 4.79 Å². The number of carbonyl (C=O) groups excluding carboxylic acids is 1. The van der Waals surface area contributed by atoms with Crippen LogP contribution in [0.1, 0.15) is 32.7 Å². The fourth-order valence-corrected chi connectivity index (χ4v) is 3.37. The highest BCUT2D eigenvalue weighted by atomic mass is 16.1. The number of amides is 1. The van der Waals surface area contributed by atoms with E-state index >= 15 is 0 Å². The van der Waals surface area contributed by atoms with Gasteiger partial charge in [-0.05, 0) is 43.9 Å². The number of carbonyl (C=O) groups is 1. The van der Waals surface area contributed by atoms with Crippen molar-refractivity contribution in [2.45, 2.75) is 26.7 Å². The first-order valence-corrected chi connectivity index (χ1v) is 8.24. The van der Waals surface area contributed by atoms with E-state index in [0.29, 0.717) is 5.56 Å². The fraction of sp³-hybridized carbons (Fsp3) is 0.211. The van der Waals surface area contributed by atoms with E-state index < -0.39 is 0 Å². The molecule has 0 unspecified atom stereocenters. The van der Waals surface area contributed by atoms with Crippen LogP contribution in [0.5, 0.6) is 0 Å². The summed E-state index contributed by atoms with van der Waals surface area (Å²) in [7, 11) is 0. The molecule has 0 radical (unpaired) electrons. The highest BCUT2D eigenvalue weighted by Crippen LogP contribution is 2.28. The molecule has 25 heavy (non-hydrogen) atoms. The second-order valence-corrected chi connectivity index (χ2v) is 6.34. The van der Waals surface area contributed by atoms with Gasteiger partial charge in [-0.25, -0.2) is 4.98 Å². The van der Waals surface area contributed by atoms with Gasteiger partial charge in [-0.2, -0.15) is 4.98 Å². The number of hydrogen-bond donors (Lipinski definition) is 2. The van der Waals surface area contributed by atoms with Crippen molar-refractivity contribution in [3.63, 3.8) is 0 Å². The molecule has 0 saturated heterocycles. The number of aromatic nitrogens is 3. The normalized spacial score (nSPS) is 12.4. The van der Waals surface area contributed by atoms with Crippen LogP contribution < -0.4 is 11.1 Å². The van der Waals surface area contributed by atoms with E-state index in [2.05, 4.69) is 15.3 Å². The first-order valence-electron chi connectivity index (χ1n) is 8.24. The van der Waals surface area contributed by atoms with Gasteiger partial charge in [0.2, 0.25) is 5.95 Å². The van der Waals surface area contributed by atoms with Crippen molar-refractivity contribution in [2.24, 2.45) is 0 Å². The second-order valence-electron chi connectivity index (χ2n) is 6.34. The van der Waals surface area contributed by atoms with Crippen LogP contribution in [0.4, 0.5) is 11.6 Å². The molecule has 3 N–H and O–H groups in total. The molecule has 0 fully saturated rings. The van der Waals surface area contributed by atoms with Gasteiger partial charge in [-0.15, -0.1) is 0 Å². The third-order valence-corrected chi connectivity index (χ3v) is 4.68. The monoisotopic (exact) mass is 333 g/mol. The van der Waals surface area contributed by atoms with E-state index in [9.17, 15) is 4.79 Å². The summed E-state index contributed by atoms with van der Waals surface area (Å²) in [6, 6.07) is 7.81. The summed E-state index contributed by atoms with van der Waals surface area (Å²) in [5.41, 5.74) is 11.4. The Morgan fingerprint density at radius 2 is 1.96 bits per heavy atom. The van der Waals surface area contributed by atoms with Gasteiger partial charge < -0.3 is 15.6 Å². The van der Waals surface area contributed by atoms with Crippen molar-refractivity contribution in [3.05, 3.63) is 64.6 Å². The summed E-state index contributed by atoms with van der Waals surface area (Å²) >= 11 is 0. The molecule has 6 nitrogen and oxygen atoms in total. The van der Waals surface area contributed by atoms with Gasteiger partial charge in [-0.1, -0.05) is 18.2 Å². The van der Waals surface area contributed by atoms with Crippen LogP contribution in [-0.2, 0) is 12.8 Å². The Labute approximate surface area is 145 Å². The first-order chi connectivity index (χ1) is 12.0. The number of nitrogens with two attached hydrogens (primary N) is 1.